The number of carbonyl (C=O) groups is 2. The maximum Gasteiger partial charge on any atom is 0.248 e. The van der Waals surface area contributed by atoms with Gasteiger partial charge in [0, 0.05) is 19.2 Å². The van der Waals surface area contributed by atoms with Gasteiger partial charge in [-0.15, -0.1) is 0 Å². The van der Waals surface area contributed by atoms with Crippen molar-refractivity contribution in [3.8, 4) is 0 Å². The van der Waals surface area contributed by atoms with Crippen LogP contribution in [0.2, 0.25) is 0 Å². The zero-order chi connectivity index (χ0) is 24.1. The van der Waals surface area contributed by atoms with E-state index < -0.39 is 5.54 Å². The minimum absolute atomic E-state index is 0.145. The summed E-state index contributed by atoms with van der Waals surface area (Å²) in [5, 5.41) is 2.90. The molecular formula is C27H29FN4O2. The molecule has 4 rings (SSSR count). The van der Waals surface area contributed by atoms with Gasteiger partial charge in [0.15, 0.2) is 0 Å². The number of halogens is 1. The number of hydrogen-bond donors (Lipinski definition) is 1. The van der Waals surface area contributed by atoms with E-state index in [0.29, 0.717) is 18.7 Å². The molecule has 3 aromatic rings. The zero-order valence-electron chi connectivity index (χ0n) is 19.5. The number of carbonyl (C=O) groups excluding carboxylic acids is 2. The van der Waals surface area contributed by atoms with Crippen LogP contribution in [0.4, 0.5) is 4.39 Å². The van der Waals surface area contributed by atoms with Crippen molar-refractivity contribution in [1.82, 2.24) is 20.2 Å². The van der Waals surface area contributed by atoms with Gasteiger partial charge < -0.3 is 10.2 Å². The second kappa shape index (κ2) is 10.1. The predicted octanol–water partition coefficient (Wildman–Crippen LogP) is 4.01. The molecule has 1 aliphatic rings. The third-order valence-corrected chi connectivity index (χ3v) is 6.03. The van der Waals surface area contributed by atoms with Gasteiger partial charge in [-0.25, -0.2) is 4.39 Å². The highest BCUT2D eigenvalue weighted by Gasteiger charge is 2.39. The monoisotopic (exact) mass is 460 g/mol. The molecular weight excluding hydrogens is 431 g/mol. The first kappa shape index (κ1) is 23.5. The molecule has 1 fully saturated rings. The van der Waals surface area contributed by atoms with E-state index in [-0.39, 0.29) is 30.1 Å². The molecule has 34 heavy (non-hydrogen) atoms. The van der Waals surface area contributed by atoms with Crippen molar-refractivity contribution in [3.05, 3.63) is 95.3 Å². The number of benzene rings is 2. The van der Waals surface area contributed by atoms with Crippen LogP contribution in [0.1, 0.15) is 55.2 Å². The van der Waals surface area contributed by atoms with E-state index >= 15 is 0 Å². The Morgan fingerprint density at radius 3 is 2.62 bits per heavy atom. The summed E-state index contributed by atoms with van der Waals surface area (Å²) in [6, 6.07) is 15.7. The number of hydrogen-bond acceptors (Lipinski definition) is 4. The summed E-state index contributed by atoms with van der Waals surface area (Å²) in [4.78, 5) is 37.0. The molecule has 2 heterocycles. The maximum atomic E-state index is 13.5. The standard InChI is InChI=1S/C27H29FN4O2/c1-27(2,31-25(33)16-19-8-4-3-5-9-19)26(34)32-13-7-12-24(32)23-18-29-17-22(30-23)15-20-10-6-11-21(28)14-20/h3-6,8-11,14,17-18,24H,7,12-13,15-16H2,1-2H3,(H,31,33). The lowest BCUT2D eigenvalue weighted by atomic mass is 10.0. The van der Waals surface area contributed by atoms with Gasteiger partial charge in [0.2, 0.25) is 11.8 Å². The van der Waals surface area contributed by atoms with Crippen LogP contribution in [0.15, 0.2) is 67.0 Å². The number of nitrogens with zero attached hydrogens (tertiary/aromatic N) is 3. The molecule has 0 bridgehead atoms. The van der Waals surface area contributed by atoms with Gasteiger partial charge in [-0.3, -0.25) is 19.6 Å². The predicted molar refractivity (Wildman–Crippen MR) is 127 cm³/mol. The molecule has 1 atom stereocenters. The number of nitrogens with one attached hydrogen (secondary N) is 1. The third-order valence-electron chi connectivity index (χ3n) is 6.03. The summed E-state index contributed by atoms with van der Waals surface area (Å²) >= 11 is 0. The fourth-order valence-corrected chi connectivity index (χ4v) is 4.43. The second-order valence-electron chi connectivity index (χ2n) is 9.23. The van der Waals surface area contributed by atoms with Gasteiger partial charge in [-0.1, -0.05) is 42.5 Å². The van der Waals surface area contributed by atoms with Gasteiger partial charge in [0.05, 0.1) is 30.0 Å². The van der Waals surface area contributed by atoms with Crippen LogP contribution in [0.5, 0.6) is 0 Å². The highest BCUT2D eigenvalue weighted by Crippen LogP contribution is 2.32. The molecule has 0 spiro atoms. The molecule has 0 radical (unpaired) electrons. The van der Waals surface area contributed by atoms with Crippen molar-refractivity contribution in [1.29, 1.82) is 0 Å². The van der Waals surface area contributed by atoms with Gasteiger partial charge in [-0.05, 0) is 49.9 Å². The lowest BCUT2D eigenvalue weighted by Crippen LogP contribution is -2.56. The molecule has 0 aliphatic carbocycles. The van der Waals surface area contributed by atoms with E-state index in [1.165, 1.54) is 12.1 Å². The van der Waals surface area contributed by atoms with E-state index in [1.54, 1.807) is 37.2 Å². The third kappa shape index (κ3) is 5.65. The summed E-state index contributed by atoms with van der Waals surface area (Å²) in [7, 11) is 0. The molecule has 7 heteroatoms. The van der Waals surface area contributed by atoms with Crippen molar-refractivity contribution >= 4 is 11.8 Å². The van der Waals surface area contributed by atoms with E-state index in [0.717, 1.165) is 29.7 Å². The summed E-state index contributed by atoms with van der Waals surface area (Å²) in [5.41, 5.74) is 2.09. The fourth-order valence-electron chi connectivity index (χ4n) is 4.43. The first-order valence-electron chi connectivity index (χ1n) is 11.5. The molecule has 1 aliphatic heterocycles. The SMILES string of the molecule is CC(C)(NC(=O)Cc1ccccc1)C(=O)N1CCCC1c1cncc(Cc2cccc(F)c2)n1. The van der Waals surface area contributed by atoms with Crippen molar-refractivity contribution in [3.63, 3.8) is 0 Å². The van der Waals surface area contributed by atoms with E-state index in [1.807, 2.05) is 36.4 Å². The highest BCUT2D eigenvalue weighted by atomic mass is 19.1. The number of likely N-dealkylation sites (tertiary alicyclic amines) is 1. The second-order valence-corrected chi connectivity index (χ2v) is 9.23. The van der Waals surface area contributed by atoms with E-state index in [4.69, 9.17) is 4.98 Å². The van der Waals surface area contributed by atoms with E-state index in [9.17, 15) is 14.0 Å². The number of amides is 2. The Hall–Kier alpha value is -3.61. The summed E-state index contributed by atoms with van der Waals surface area (Å²) in [5.74, 6) is -0.628. The Morgan fingerprint density at radius 2 is 1.85 bits per heavy atom. The Morgan fingerprint density at radius 1 is 1.09 bits per heavy atom. The van der Waals surface area contributed by atoms with Crippen LogP contribution in [0.25, 0.3) is 0 Å². The topological polar surface area (TPSA) is 75.2 Å². The van der Waals surface area contributed by atoms with Crippen LogP contribution in [-0.2, 0) is 22.4 Å². The Labute approximate surface area is 199 Å². The first-order chi connectivity index (χ1) is 16.3. The van der Waals surface area contributed by atoms with Gasteiger partial charge in [-0.2, -0.15) is 0 Å². The Kier molecular flexibility index (Phi) is 7.01. The zero-order valence-corrected chi connectivity index (χ0v) is 19.5. The van der Waals surface area contributed by atoms with Crippen LogP contribution < -0.4 is 5.32 Å². The maximum absolute atomic E-state index is 13.5. The van der Waals surface area contributed by atoms with Crippen molar-refractivity contribution in [2.75, 3.05) is 6.54 Å². The Balaban J connectivity index is 1.46. The molecule has 6 nitrogen and oxygen atoms in total. The van der Waals surface area contributed by atoms with Crippen molar-refractivity contribution in [2.45, 2.75) is 51.1 Å². The lowest BCUT2D eigenvalue weighted by molar-refractivity contribution is -0.141. The summed E-state index contributed by atoms with van der Waals surface area (Å²) < 4.78 is 13.5. The van der Waals surface area contributed by atoms with Crippen LogP contribution in [-0.4, -0.2) is 38.8 Å². The molecule has 2 aromatic carbocycles. The highest BCUT2D eigenvalue weighted by molar-refractivity contribution is 5.91. The normalized spacial score (nSPS) is 15.9. The van der Waals surface area contributed by atoms with E-state index in [2.05, 4.69) is 10.3 Å². The number of rotatable bonds is 7. The molecule has 176 valence electrons. The minimum atomic E-state index is -1.05. The average Bonchev–Trinajstić information content (AvgIpc) is 3.29. The first-order valence-corrected chi connectivity index (χ1v) is 11.5. The van der Waals surface area contributed by atoms with Crippen molar-refractivity contribution < 1.29 is 14.0 Å². The van der Waals surface area contributed by atoms with Crippen LogP contribution in [0, 0.1) is 5.82 Å². The smallest absolute Gasteiger partial charge is 0.248 e. The van der Waals surface area contributed by atoms with Gasteiger partial charge >= 0.3 is 0 Å². The number of aromatic nitrogens is 2. The van der Waals surface area contributed by atoms with Crippen molar-refractivity contribution in [2.24, 2.45) is 0 Å². The fraction of sp³-hybridized carbons (Fsp3) is 0.333. The largest absolute Gasteiger partial charge is 0.342 e. The van der Waals surface area contributed by atoms with Gasteiger partial charge in [0.25, 0.3) is 0 Å². The molecule has 2 amide bonds. The molecule has 1 aromatic heterocycles. The summed E-state index contributed by atoms with van der Waals surface area (Å²) in [6.07, 6.45) is 5.66. The average molecular weight is 461 g/mol. The van der Waals surface area contributed by atoms with Gasteiger partial charge in [0.1, 0.15) is 11.4 Å². The lowest BCUT2D eigenvalue weighted by Gasteiger charge is -2.33. The molecule has 1 N–H and O–H groups in total. The molecule has 1 saturated heterocycles. The van der Waals surface area contributed by atoms with Crippen LogP contribution >= 0.6 is 0 Å². The Bertz CT molecular complexity index is 1170. The molecule has 1 unspecified atom stereocenters. The summed E-state index contributed by atoms with van der Waals surface area (Å²) in [6.45, 7) is 4.07. The minimum Gasteiger partial charge on any atom is -0.342 e. The quantitative estimate of drug-likeness (QED) is 0.578. The molecule has 0 saturated carbocycles. The van der Waals surface area contributed by atoms with Crippen LogP contribution in [0.3, 0.4) is 0 Å².